The molecule has 0 N–H and O–H groups in total. The second-order valence-electron chi connectivity index (χ2n) is 3.97. The van der Waals surface area contributed by atoms with Gasteiger partial charge in [-0.3, -0.25) is 0 Å². The van der Waals surface area contributed by atoms with Crippen LogP contribution in [0.15, 0.2) is 0 Å². The Labute approximate surface area is 83.6 Å². The Hall–Kier alpha value is -0.810. The van der Waals surface area contributed by atoms with E-state index in [4.69, 9.17) is 9.47 Å². The first-order valence-corrected chi connectivity index (χ1v) is 4.85. The minimum atomic E-state index is 0.0617. The quantitative estimate of drug-likeness (QED) is 0.542. The van der Waals surface area contributed by atoms with Gasteiger partial charge in [0.25, 0.3) is 0 Å². The molecule has 0 atom stereocenters. The first-order valence-electron chi connectivity index (χ1n) is 4.85. The molecule has 2 aliphatic rings. The number of urea groups is 1. The van der Waals surface area contributed by atoms with Crippen LogP contribution in [0.5, 0.6) is 0 Å². The summed E-state index contributed by atoms with van der Waals surface area (Å²) < 4.78 is 10.8. The van der Waals surface area contributed by atoms with Crippen LogP contribution < -0.4 is 0 Å². The molecule has 2 aliphatic heterocycles. The lowest BCUT2D eigenvalue weighted by Crippen LogP contribution is -2.63. The summed E-state index contributed by atoms with van der Waals surface area (Å²) in [7, 11) is 3.54. The first kappa shape index (κ1) is 9.73. The average Bonchev–Trinajstić information content (AvgIpc) is 2.15. The first-order chi connectivity index (χ1) is 6.70. The molecule has 2 heterocycles. The van der Waals surface area contributed by atoms with E-state index in [2.05, 4.69) is 0 Å². The molecule has 2 fully saturated rings. The van der Waals surface area contributed by atoms with Gasteiger partial charge in [-0.1, -0.05) is 0 Å². The van der Waals surface area contributed by atoms with Crippen molar-refractivity contribution in [3.63, 3.8) is 0 Å². The Balaban J connectivity index is 2.12. The predicted molar refractivity (Wildman–Crippen MR) is 50.1 cm³/mol. The molecular formula is C9H16N2O3. The number of hydrogen-bond donors (Lipinski definition) is 0. The minimum absolute atomic E-state index is 0.0617. The Kier molecular flexibility index (Phi) is 2.60. The van der Waals surface area contributed by atoms with E-state index in [0.29, 0.717) is 26.4 Å². The highest BCUT2D eigenvalue weighted by molar-refractivity contribution is 5.74. The summed E-state index contributed by atoms with van der Waals surface area (Å²) in [6.07, 6.45) is 0. The highest BCUT2D eigenvalue weighted by Gasteiger charge is 2.39. The monoisotopic (exact) mass is 200 g/mol. The van der Waals surface area contributed by atoms with Crippen molar-refractivity contribution in [2.24, 2.45) is 0 Å². The molecule has 0 aromatic rings. The molecule has 2 amide bonds. The topological polar surface area (TPSA) is 42.0 Å². The fourth-order valence-corrected chi connectivity index (χ4v) is 1.94. The summed E-state index contributed by atoms with van der Waals surface area (Å²) in [5, 5.41) is 0. The van der Waals surface area contributed by atoms with Crippen LogP contribution in [0, 0.1) is 0 Å². The van der Waals surface area contributed by atoms with Gasteiger partial charge in [-0.15, -0.1) is 0 Å². The molecule has 14 heavy (non-hydrogen) atoms. The Morgan fingerprint density at radius 3 is 1.93 bits per heavy atom. The number of nitrogens with zero attached hydrogens (tertiary/aromatic N) is 2. The number of rotatable bonds is 0. The van der Waals surface area contributed by atoms with Crippen LogP contribution in [0.2, 0.25) is 0 Å². The lowest BCUT2D eigenvalue weighted by molar-refractivity contribution is -0.119. The summed E-state index contributed by atoms with van der Waals surface area (Å²) in [4.78, 5) is 15.4. The standard InChI is InChI=1S/C9H16N2O3/c1-10(2)9(12)11-7-3-13-5-8(11)6-14-4-7/h7-8H,3-6H2,1-2H3. The minimum Gasteiger partial charge on any atom is -0.377 e. The van der Waals surface area contributed by atoms with E-state index in [1.54, 1.807) is 19.0 Å². The smallest absolute Gasteiger partial charge is 0.320 e. The Morgan fingerprint density at radius 1 is 1.14 bits per heavy atom. The number of morpholine rings is 2. The van der Waals surface area contributed by atoms with Crippen LogP contribution >= 0.6 is 0 Å². The molecule has 0 aliphatic carbocycles. The Morgan fingerprint density at radius 2 is 1.57 bits per heavy atom. The number of ether oxygens (including phenoxy) is 2. The lowest BCUT2D eigenvalue weighted by Gasteiger charge is -2.46. The zero-order valence-electron chi connectivity index (χ0n) is 8.60. The van der Waals surface area contributed by atoms with Gasteiger partial charge in [-0.2, -0.15) is 0 Å². The second-order valence-corrected chi connectivity index (χ2v) is 3.97. The molecule has 2 saturated heterocycles. The fraction of sp³-hybridized carbons (Fsp3) is 0.889. The fourth-order valence-electron chi connectivity index (χ4n) is 1.94. The van der Waals surface area contributed by atoms with Gasteiger partial charge in [0.1, 0.15) is 0 Å². The largest absolute Gasteiger partial charge is 0.377 e. The lowest BCUT2D eigenvalue weighted by atomic mass is 10.1. The second kappa shape index (κ2) is 3.74. The molecule has 80 valence electrons. The van der Waals surface area contributed by atoms with E-state index in [-0.39, 0.29) is 18.1 Å². The zero-order valence-corrected chi connectivity index (χ0v) is 8.60. The van der Waals surface area contributed by atoms with Crippen LogP contribution in [0.4, 0.5) is 4.79 Å². The number of carbonyl (C=O) groups is 1. The Bertz CT molecular complexity index is 210. The molecule has 2 bridgehead atoms. The molecule has 0 saturated carbocycles. The third kappa shape index (κ3) is 1.57. The summed E-state index contributed by atoms with van der Waals surface area (Å²) in [5.74, 6) is 0. The molecule has 2 rings (SSSR count). The van der Waals surface area contributed by atoms with Gasteiger partial charge in [0.15, 0.2) is 0 Å². The molecule has 0 aromatic carbocycles. The highest BCUT2D eigenvalue weighted by Crippen LogP contribution is 2.20. The maximum Gasteiger partial charge on any atom is 0.320 e. The third-order valence-electron chi connectivity index (χ3n) is 2.63. The maximum atomic E-state index is 11.9. The number of amides is 2. The van der Waals surface area contributed by atoms with Crippen molar-refractivity contribution >= 4 is 6.03 Å². The van der Waals surface area contributed by atoms with Crippen LogP contribution in [0.25, 0.3) is 0 Å². The van der Waals surface area contributed by atoms with E-state index in [0.717, 1.165) is 0 Å². The number of fused-ring (bicyclic) bond motifs is 2. The van der Waals surface area contributed by atoms with Crippen molar-refractivity contribution in [2.75, 3.05) is 40.5 Å². The van der Waals surface area contributed by atoms with E-state index in [1.165, 1.54) is 0 Å². The summed E-state index contributed by atoms with van der Waals surface area (Å²) in [6, 6.07) is 0.251. The van der Waals surface area contributed by atoms with Gasteiger partial charge in [0, 0.05) is 14.1 Å². The maximum absolute atomic E-state index is 11.9. The van der Waals surface area contributed by atoms with Gasteiger partial charge in [-0.05, 0) is 0 Å². The summed E-state index contributed by atoms with van der Waals surface area (Å²) in [5.41, 5.74) is 0. The average molecular weight is 200 g/mol. The SMILES string of the molecule is CN(C)C(=O)N1C2COCC1COC2. The van der Waals surface area contributed by atoms with Crippen molar-refractivity contribution in [1.82, 2.24) is 9.80 Å². The van der Waals surface area contributed by atoms with Crippen molar-refractivity contribution < 1.29 is 14.3 Å². The van der Waals surface area contributed by atoms with Crippen LogP contribution in [0.3, 0.4) is 0 Å². The van der Waals surface area contributed by atoms with E-state index >= 15 is 0 Å². The van der Waals surface area contributed by atoms with Gasteiger partial charge >= 0.3 is 6.03 Å². The van der Waals surface area contributed by atoms with E-state index < -0.39 is 0 Å². The molecular weight excluding hydrogens is 184 g/mol. The van der Waals surface area contributed by atoms with Crippen molar-refractivity contribution in [1.29, 1.82) is 0 Å². The zero-order chi connectivity index (χ0) is 10.1. The van der Waals surface area contributed by atoms with Crippen LogP contribution in [0.1, 0.15) is 0 Å². The van der Waals surface area contributed by atoms with Gasteiger partial charge in [0.05, 0.1) is 38.5 Å². The molecule has 0 aromatic heterocycles. The van der Waals surface area contributed by atoms with Gasteiger partial charge < -0.3 is 19.3 Å². The van der Waals surface area contributed by atoms with E-state index in [1.807, 2.05) is 4.90 Å². The molecule has 5 heteroatoms. The normalized spacial score (nSPS) is 31.4. The number of hydrogen-bond acceptors (Lipinski definition) is 3. The van der Waals surface area contributed by atoms with Crippen LogP contribution in [-0.2, 0) is 9.47 Å². The van der Waals surface area contributed by atoms with Gasteiger partial charge in [0.2, 0.25) is 0 Å². The summed E-state index contributed by atoms with van der Waals surface area (Å²) in [6.45, 7) is 2.37. The van der Waals surface area contributed by atoms with Crippen molar-refractivity contribution in [3.8, 4) is 0 Å². The van der Waals surface area contributed by atoms with Gasteiger partial charge in [-0.25, -0.2) is 4.79 Å². The molecule has 5 nitrogen and oxygen atoms in total. The molecule has 0 radical (unpaired) electrons. The highest BCUT2D eigenvalue weighted by atomic mass is 16.5. The van der Waals surface area contributed by atoms with Crippen LogP contribution in [-0.4, -0.2) is 68.4 Å². The van der Waals surface area contributed by atoms with Crippen molar-refractivity contribution in [3.05, 3.63) is 0 Å². The van der Waals surface area contributed by atoms with E-state index in [9.17, 15) is 4.79 Å². The van der Waals surface area contributed by atoms with Crippen molar-refractivity contribution in [2.45, 2.75) is 12.1 Å². The predicted octanol–water partition coefficient (Wildman–Crippen LogP) is -0.232. The molecule has 0 spiro atoms. The third-order valence-corrected chi connectivity index (χ3v) is 2.63. The number of carbonyl (C=O) groups excluding carboxylic acids is 1. The summed E-state index contributed by atoms with van der Waals surface area (Å²) >= 11 is 0. The molecule has 0 unspecified atom stereocenters.